The summed E-state index contributed by atoms with van der Waals surface area (Å²) in [5, 5.41) is 12.2. The third-order valence-corrected chi connectivity index (χ3v) is 7.46. The second kappa shape index (κ2) is 10.2. The van der Waals surface area contributed by atoms with Crippen molar-refractivity contribution in [2.45, 2.75) is 19.4 Å². The first-order valence-electron chi connectivity index (χ1n) is 10.4. The van der Waals surface area contributed by atoms with Gasteiger partial charge in [-0.05, 0) is 13.3 Å². The standard InChI is InChI=1S/C20H22Cl2N8O4S/c1-9-12(21)13(22)14(25-9)18(31)26-10-5-6-30(7-11(10)28-34-4)20-27-15(16(35-20)19(32)33-3)17-23-8-24-29(17)2/h8,10,25H,5-7H2,1-4H3,(H,26,31). The maximum Gasteiger partial charge on any atom is 0.350 e. The minimum absolute atomic E-state index is 0.166. The average Bonchev–Trinajstić information content (AvgIpc) is 3.54. The van der Waals surface area contributed by atoms with E-state index in [1.165, 1.54) is 36.6 Å². The Bertz CT molecular complexity index is 1300. The minimum Gasteiger partial charge on any atom is -0.465 e. The number of thiazole rings is 1. The van der Waals surface area contributed by atoms with Crippen LogP contribution in [-0.4, -0.2) is 75.7 Å². The molecule has 35 heavy (non-hydrogen) atoms. The number of methoxy groups -OCH3 is 1. The molecule has 0 bridgehead atoms. The summed E-state index contributed by atoms with van der Waals surface area (Å²) in [5.74, 6) is -0.479. The Balaban J connectivity index is 1.57. The molecule has 3 aromatic rings. The van der Waals surface area contributed by atoms with Gasteiger partial charge in [0.2, 0.25) is 0 Å². The normalized spacial score (nSPS) is 17.0. The van der Waals surface area contributed by atoms with Crippen LogP contribution in [0.15, 0.2) is 11.5 Å². The van der Waals surface area contributed by atoms with Gasteiger partial charge in [0.1, 0.15) is 29.7 Å². The molecule has 0 saturated carbocycles. The van der Waals surface area contributed by atoms with Crippen molar-refractivity contribution in [1.29, 1.82) is 0 Å². The lowest BCUT2D eigenvalue weighted by Gasteiger charge is -2.32. The van der Waals surface area contributed by atoms with Crippen LogP contribution in [0.25, 0.3) is 11.5 Å². The van der Waals surface area contributed by atoms with Gasteiger partial charge in [0.15, 0.2) is 11.0 Å². The molecule has 0 aromatic carbocycles. The summed E-state index contributed by atoms with van der Waals surface area (Å²) in [5.41, 5.74) is 1.74. The molecule has 1 aliphatic rings. The van der Waals surface area contributed by atoms with Gasteiger partial charge in [0.25, 0.3) is 5.91 Å². The molecule has 1 fully saturated rings. The summed E-state index contributed by atoms with van der Waals surface area (Å²) >= 11 is 13.5. The molecule has 1 unspecified atom stereocenters. The van der Waals surface area contributed by atoms with Gasteiger partial charge >= 0.3 is 5.97 Å². The van der Waals surface area contributed by atoms with Crippen LogP contribution in [-0.2, 0) is 16.6 Å². The highest BCUT2D eigenvalue weighted by Gasteiger charge is 2.32. The number of oxime groups is 1. The molecule has 3 aromatic heterocycles. The Morgan fingerprint density at radius 2 is 2.09 bits per heavy atom. The Labute approximate surface area is 214 Å². The fraction of sp³-hybridized carbons (Fsp3) is 0.400. The van der Waals surface area contributed by atoms with Gasteiger partial charge in [-0.25, -0.2) is 19.4 Å². The Kier molecular flexibility index (Phi) is 7.28. The van der Waals surface area contributed by atoms with E-state index in [1.54, 1.807) is 14.0 Å². The number of aromatic nitrogens is 5. The highest BCUT2D eigenvalue weighted by atomic mass is 35.5. The number of H-pyrrole nitrogens is 1. The predicted molar refractivity (Wildman–Crippen MR) is 132 cm³/mol. The number of aryl methyl sites for hydroxylation is 2. The molecule has 4 heterocycles. The number of carbonyl (C=O) groups excluding carboxylic acids is 2. The summed E-state index contributed by atoms with van der Waals surface area (Å²) in [6.45, 7) is 2.56. The van der Waals surface area contributed by atoms with Crippen molar-refractivity contribution in [2.75, 3.05) is 32.2 Å². The van der Waals surface area contributed by atoms with Gasteiger partial charge in [-0.1, -0.05) is 39.7 Å². The lowest BCUT2D eigenvalue weighted by molar-refractivity contribution is 0.0606. The summed E-state index contributed by atoms with van der Waals surface area (Å²) in [6, 6.07) is -0.407. The predicted octanol–water partition coefficient (Wildman–Crippen LogP) is 2.68. The van der Waals surface area contributed by atoms with Gasteiger partial charge in [-0.15, -0.1) is 0 Å². The molecule has 1 saturated heterocycles. The second-order valence-electron chi connectivity index (χ2n) is 7.63. The molecule has 12 nitrogen and oxygen atoms in total. The van der Waals surface area contributed by atoms with E-state index in [4.69, 9.17) is 32.8 Å². The molecular weight excluding hydrogens is 519 g/mol. The third kappa shape index (κ3) is 4.83. The zero-order valence-electron chi connectivity index (χ0n) is 19.3. The summed E-state index contributed by atoms with van der Waals surface area (Å²) < 4.78 is 6.47. The number of hydrogen-bond donors (Lipinski definition) is 2. The number of nitrogens with zero attached hydrogens (tertiary/aromatic N) is 6. The number of esters is 1. The van der Waals surface area contributed by atoms with Gasteiger partial charge < -0.3 is 24.8 Å². The quantitative estimate of drug-likeness (QED) is 0.359. The zero-order chi connectivity index (χ0) is 25.3. The van der Waals surface area contributed by atoms with E-state index >= 15 is 0 Å². The zero-order valence-corrected chi connectivity index (χ0v) is 21.6. The topological polar surface area (TPSA) is 140 Å². The highest BCUT2D eigenvalue weighted by Crippen LogP contribution is 2.34. The number of ether oxygens (including phenoxy) is 1. The van der Waals surface area contributed by atoms with Crippen molar-refractivity contribution >= 4 is 57.3 Å². The first-order chi connectivity index (χ1) is 16.7. The van der Waals surface area contributed by atoms with Crippen molar-refractivity contribution in [3.8, 4) is 11.5 Å². The number of halogens is 2. The Morgan fingerprint density at radius 3 is 2.69 bits per heavy atom. The van der Waals surface area contributed by atoms with Gasteiger partial charge in [-0.2, -0.15) is 5.10 Å². The largest absolute Gasteiger partial charge is 0.465 e. The molecule has 186 valence electrons. The molecule has 1 aliphatic heterocycles. The van der Waals surface area contributed by atoms with Crippen LogP contribution in [0.5, 0.6) is 0 Å². The maximum absolute atomic E-state index is 12.8. The van der Waals surface area contributed by atoms with Gasteiger partial charge in [0, 0.05) is 19.3 Å². The van der Waals surface area contributed by atoms with Crippen LogP contribution in [0.2, 0.25) is 10.0 Å². The van der Waals surface area contributed by atoms with Gasteiger partial charge in [0.05, 0.1) is 35.5 Å². The van der Waals surface area contributed by atoms with Crippen LogP contribution in [0.1, 0.15) is 32.3 Å². The van der Waals surface area contributed by atoms with Crippen LogP contribution in [0.4, 0.5) is 5.13 Å². The van der Waals surface area contributed by atoms with Crippen LogP contribution in [0.3, 0.4) is 0 Å². The van der Waals surface area contributed by atoms with Crippen molar-refractivity contribution < 1.29 is 19.2 Å². The molecule has 0 aliphatic carbocycles. The number of nitrogens with one attached hydrogen (secondary N) is 2. The third-order valence-electron chi connectivity index (χ3n) is 5.42. The lowest BCUT2D eigenvalue weighted by Crippen LogP contribution is -2.52. The Morgan fingerprint density at radius 1 is 1.31 bits per heavy atom. The number of piperidine rings is 1. The lowest BCUT2D eigenvalue weighted by atomic mass is 10.0. The fourth-order valence-electron chi connectivity index (χ4n) is 3.66. The summed E-state index contributed by atoms with van der Waals surface area (Å²) in [6.07, 6.45) is 1.89. The molecule has 0 radical (unpaired) electrons. The number of aromatic amines is 1. The van der Waals surface area contributed by atoms with Gasteiger partial charge in [-0.3, -0.25) is 4.79 Å². The van der Waals surface area contributed by atoms with Crippen LogP contribution < -0.4 is 10.2 Å². The minimum atomic E-state index is -0.517. The summed E-state index contributed by atoms with van der Waals surface area (Å²) in [4.78, 5) is 44.3. The molecule has 2 N–H and O–H groups in total. The smallest absolute Gasteiger partial charge is 0.350 e. The van der Waals surface area contributed by atoms with Crippen molar-refractivity contribution in [3.05, 3.63) is 32.6 Å². The molecule has 1 atom stereocenters. The number of amides is 1. The monoisotopic (exact) mass is 540 g/mol. The molecule has 15 heteroatoms. The number of anilines is 1. The number of carbonyl (C=O) groups is 2. The number of hydrogen-bond acceptors (Lipinski definition) is 10. The molecule has 4 rings (SSSR count). The van der Waals surface area contributed by atoms with Crippen LogP contribution in [0, 0.1) is 6.92 Å². The number of rotatable bonds is 6. The highest BCUT2D eigenvalue weighted by molar-refractivity contribution is 7.18. The van der Waals surface area contributed by atoms with E-state index in [0.717, 1.165) is 0 Å². The van der Waals surface area contributed by atoms with E-state index in [1.807, 2.05) is 4.90 Å². The second-order valence-corrected chi connectivity index (χ2v) is 9.36. The molecule has 1 amide bonds. The fourth-order valence-corrected chi connectivity index (χ4v) is 5.08. The average molecular weight is 541 g/mol. The molecule has 0 spiro atoms. The van der Waals surface area contributed by atoms with Crippen molar-refractivity contribution in [1.82, 2.24) is 30.0 Å². The first-order valence-corrected chi connectivity index (χ1v) is 11.9. The van der Waals surface area contributed by atoms with E-state index in [0.29, 0.717) is 57.5 Å². The van der Waals surface area contributed by atoms with Crippen molar-refractivity contribution in [3.63, 3.8) is 0 Å². The van der Waals surface area contributed by atoms with Crippen molar-refractivity contribution in [2.24, 2.45) is 12.2 Å². The van der Waals surface area contributed by atoms with E-state index in [9.17, 15) is 9.59 Å². The van der Waals surface area contributed by atoms with E-state index in [2.05, 4.69) is 30.5 Å². The summed E-state index contributed by atoms with van der Waals surface area (Å²) in [7, 11) is 4.45. The van der Waals surface area contributed by atoms with E-state index < -0.39 is 17.9 Å². The Hall–Kier alpha value is -3.16. The first kappa shape index (κ1) is 24.9. The van der Waals surface area contributed by atoms with Crippen LogP contribution >= 0.6 is 34.5 Å². The van der Waals surface area contributed by atoms with E-state index in [-0.39, 0.29) is 10.7 Å². The SMILES string of the molecule is CON=C1CN(c2nc(-c3ncnn3C)c(C(=O)OC)s2)CCC1NC(=O)c1[nH]c(C)c(Cl)c1Cl. The maximum atomic E-state index is 12.8. The molecular formula is C20H22Cl2N8O4S.